The van der Waals surface area contributed by atoms with Gasteiger partial charge in [-0.2, -0.15) is 5.10 Å². The Morgan fingerprint density at radius 3 is 2.85 bits per heavy atom. The number of aromatic nitrogens is 2. The van der Waals surface area contributed by atoms with Crippen LogP contribution in [0.15, 0.2) is 6.07 Å². The first-order chi connectivity index (χ1) is 6.27. The fourth-order valence-corrected chi connectivity index (χ4v) is 1.52. The molecule has 74 valence electrons. The minimum atomic E-state index is 0.791. The molecule has 0 aromatic carbocycles. The topological polar surface area (TPSA) is 43.8 Å². The molecule has 0 aliphatic rings. The Labute approximate surface area is 79.9 Å². The standard InChI is InChI=1S/C10H19N3/c1-3-13-10(6-4-5-7-11)8-9(2)12-13/h8H,3-7,11H2,1-2H3. The molecule has 2 N–H and O–H groups in total. The Hall–Kier alpha value is -0.830. The number of nitrogens with two attached hydrogens (primary N) is 1. The van der Waals surface area contributed by atoms with Gasteiger partial charge in [0.2, 0.25) is 0 Å². The predicted molar refractivity (Wildman–Crippen MR) is 54.6 cm³/mol. The average Bonchev–Trinajstić information content (AvgIpc) is 2.47. The molecule has 0 spiro atoms. The number of unbranched alkanes of at least 4 members (excludes halogenated alkanes) is 1. The number of hydrogen-bond acceptors (Lipinski definition) is 2. The first-order valence-electron chi connectivity index (χ1n) is 5.01. The van der Waals surface area contributed by atoms with Crippen LogP contribution in [0.4, 0.5) is 0 Å². The van der Waals surface area contributed by atoms with Crippen LogP contribution in [0.1, 0.15) is 31.2 Å². The normalized spacial score (nSPS) is 10.7. The Morgan fingerprint density at radius 1 is 1.46 bits per heavy atom. The first kappa shape index (κ1) is 10.3. The van der Waals surface area contributed by atoms with Crippen LogP contribution in [0.2, 0.25) is 0 Å². The van der Waals surface area contributed by atoms with Crippen molar-refractivity contribution < 1.29 is 0 Å². The molecule has 0 fully saturated rings. The molecule has 3 nitrogen and oxygen atoms in total. The molecule has 0 aliphatic carbocycles. The van der Waals surface area contributed by atoms with Crippen molar-refractivity contribution in [1.82, 2.24) is 9.78 Å². The zero-order valence-electron chi connectivity index (χ0n) is 8.58. The van der Waals surface area contributed by atoms with E-state index in [4.69, 9.17) is 5.73 Å². The van der Waals surface area contributed by atoms with Gasteiger partial charge in [0.25, 0.3) is 0 Å². The molecule has 1 rings (SSSR count). The molecule has 1 aromatic rings. The Kier molecular flexibility index (Phi) is 3.96. The highest BCUT2D eigenvalue weighted by atomic mass is 15.3. The molecule has 3 heteroatoms. The second-order valence-electron chi connectivity index (χ2n) is 3.34. The van der Waals surface area contributed by atoms with Crippen LogP contribution < -0.4 is 5.73 Å². The molecule has 0 bridgehead atoms. The number of rotatable bonds is 5. The molecule has 0 saturated heterocycles. The fourth-order valence-electron chi connectivity index (χ4n) is 1.52. The smallest absolute Gasteiger partial charge is 0.0596 e. The highest BCUT2D eigenvalue weighted by molar-refractivity contribution is 5.08. The van der Waals surface area contributed by atoms with Gasteiger partial charge in [0.05, 0.1) is 5.69 Å². The van der Waals surface area contributed by atoms with Crippen molar-refractivity contribution in [3.05, 3.63) is 17.5 Å². The second kappa shape index (κ2) is 5.02. The maximum Gasteiger partial charge on any atom is 0.0596 e. The lowest BCUT2D eigenvalue weighted by atomic mass is 10.2. The summed E-state index contributed by atoms with van der Waals surface area (Å²) in [5, 5.41) is 4.39. The van der Waals surface area contributed by atoms with Crippen LogP contribution in [0, 0.1) is 6.92 Å². The van der Waals surface area contributed by atoms with Gasteiger partial charge < -0.3 is 5.73 Å². The van der Waals surface area contributed by atoms with Gasteiger partial charge in [0.1, 0.15) is 0 Å². The third-order valence-electron chi connectivity index (χ3n) is 2.17. The first-order valence-corrected chi connectivity index (χ1v) is 5.01. The zero-order chi connectivity index (χ0) is 9.68. The van der Waals surface area contributed by atoms with E-state index in [0.29, 0.717) is 0 Å². The van der Waals surface area contributed by atoms with Crippen molar-refractivity contribution in [3.8, 4) is 0 Å². The maximum atomic E-state index is 5.45. The van der Waals surface area contributed by atoms with Crippen LogP contribution in [0.25, 0.3) is 0 Å². The number of nitrogens with zero attached hydrogens (tertiary/aromatic N) is 2. The van der Waals surface area contributed by atoms with Gasteiger partial charge in [-0.25, -0.2) is 0 Å². The van der Waals surface area contributed by atoms with Crippen molar-refractivity contribution in [1.29, 1.82) is 0 Å². The minimum Gasteiger partial charge on any atom is -0.330 e. The molecule has 0 radical (unpaired) electrons. The van der Waals surface area contributed by atoms with Crippen LogP contribution >= 0.6 is 0 Å². The van der Waals surface area contributed by atoms with Gasteiger partial charge in [-0.15, -0.1) is 0 Å². The van der Waals surface area contributed by atoms with Crippen molar-refractivity contribution in [2.75, 3.05) is 6.54 Å². The van der Waals surface area contributed by atoms with Gasteiger partial charge in [-0.05, 0) is 45.7 Å². The van der Waals surface area contributed by atoms with E-state index in [-0.39, 0.29) is 0 Å². The molecular formula is C10H19N3. The summed E-state index contributed by atoms with van der Waals surface area (Å²) < 4.78 is 2.08. The Morgan fingerprint density at radius 2 is 2.23 bits per heavy atom. The highest BCUT2D eigenvalue weighted by Gasteiger charge is 2.02. The van der Waals surface area contributed by atoms with Gasteiger partial charge in [-0.1, -0.05) is 0 Å². The Bertz CT molecular complexity index is 253. The van der Waals surface area contributed by atoms with Crippen molar-refractivity contribution in [3.63, 3.8) is 0 Å². The lowest BCUT2D eigenvalue weighted by Gasteiger charge is -2.03. The van der Waals surface area contributed by atoms with Gasteiger partial charge >= 0.3 is 0 Å². The van der Waals surface area contributed by atoms with Gasteiger partial charge in [0.15, 0.2) is 0 Å². The summed E-state index contributed by atoms with van der Waals surface area (Å²) in [6.45, 7) is 5.92. The third kappa shape index (κ3) is 2.84. The lowest BCUT2D eigenvalue weighted by Crippen LogP contribution is -2.04. The molecule has 0 atom stereocenters. The molecule has 0 unspecified atom stereocenters. The molecule has 1 heterocycles. The molecule has 0 aliphatic heterocycles. The molecule has 0 amide bonds. The quantitative estimate of drug-likeness (QED) is 0.699. The Balaban J connectivity index is 2.53. The van der Waals surface area contributed by atoms with E-state index in [1.54, 1.807) is 0 Å². The molecular weight excluding hydrogens is 162 g/mol. The summed E-state index contributed by atoms with van der Waals surface area (Å²) in [7, 11) is 0. The van der Waals surface area contributed by atoms with Crippen LogP contribution in [0.3, 0.4) is 0 Å². The second-order valence-corrected chi connectivity index (χ2v) is 3.34. The van der Waals surface area contributed by atoms with Crippen molar-refractivity contribution >= 4 is 0 Å². The van der Waals surface area contributed by atoms with E-state index in [9.17, 15) is 0 Å². The van der Waals surface area contributed by atoms with E-state index in [1.807, 2.05) is 6.92 Å². The monoisotopic (exact) mass is 181 g/mol. The van der Waals surface area contributed by atoms with Gasteiger partial charge in [0, 0.05) is 12.2 Å². The van der Waals surface area contributed by atoms with Gasteiger partial charge in [-0.3, -0.25) is 4.68 Å². The lowest BCUT2D eigenvalue weighted by molar-refractivity contribution is 0.600. The molecule has 13 heavy (non-hydrogen) atoms. The van der Waals surface area contributed by atoms with E-state index in [2.05, 4.69) is 22.8 Å². The largest absolute Gasteiger partial charge is 0.330 e. The van der Waals surface area contributed by atoms with Crippen LogP contribution in [0.5, 0.6) is 0 Å². The summed E-state index contributed by atoms with van der Waals surface area (Å²) in [5.74, 6) is 0. The number of hydrogen-bond donors (Lipinski definition) is 1. The van der Waals surface area contributed by atoms with Crippen molar-refractivity contribution in [2.24, 2.45) is 5.73 Å². The number of aryl methyl sites for hydroxylation is 3. The van der Waals surface area contributed by atoms with Crippen molar-refractivity contribution in [2.45, 2.75) is 39.7 Å². The van der Waals surface area contributed by atoms with E-state index < -0.39 is 0 Å². The minimum absolute atomic E-state index is 0.791. The third-order valence-corrected chi connectivity index (χ3v) is 2.17. The summed E-state index contributed by atoms with van der Waals surface area (Å²) in [5.41, 5.74) is 7.90. The van der Waals surface area contributed by atoms with Crippen LogP contribution in [-0.4, -0.2) is 16.3 Å². The average molecular weight is 181 g/mol. The van der Waals surface area contributed by atoms with E-state index in [1.165, 1.54) is 12.1 Å². The summed E-state index contributed by atoms with van der Waals surface area (Å²) in [4.78, 5) is 0. The summed E-state index contributed by atoms with van der Waals surface area (Å²) >= 11 is 0. The van der Waals surface area contributed by atoms with Crippen LogP contribution in [-0.2, 0) is 13.0 Å². The van der Waals surface area contributed by atoms with E-state index in [0.717, 1.165) is 31.6 Å². The fraction of sp³-hybridized carbons (Fsp3) is 0.700. The molecule has 0 saturated carbocycles. The molecule has 1 aromatic heterocycles. The van der Waals surface area contributed by atoms with E-state index >= 15 is 0 Å². The maximum absolute atomic E-state index is 5.45. The highest BCUT2D eigenvalue weighted by Crippen LogP contribution is 2.07. The summed E-state index contributed by atoms with van der Waals surface area (Å²) in [6, 6.07) is 2.17. The summed E-state index contributed by atoms with van der Waals surface area (Å²) in [6.07, 6.45) is 3.38. The SMILES string of the molecule is CCn1nc(C)cc1CCCCN. The predicted octanol–water partition coefficient (Wildman–Crippen LogP) is 1.49. The zero-order valence-corrected chi connectivity index (χ0v) is 8.58.